The lowest BCUT2D eigenvalue weighted by Crippen LogP contribution is -2.23. The van der Waals surface area contributed by atoms with Crippen LogP contribution in [0.5, 0.6) is 11.5 Å². The number of rotatable bonds is 4. The summed E-state index contributed by atoms with van der Waals surface area (Å²) >= 11 is 0. The van der Waals surface area contributed by atoms with Crippen molar-refractivity contribution in [1.29, 1.82) is 5.26 Å². The smallest absolute Gasteiger partial charge is 0.127 e. The van der Waals surface area contributed by atoms with Gasteiger partial charge in [-0.2, -0.15) is 5.26 Å². The van der Waals surface area contributed by atoms with Crippen LogP contribution >= 0.6 is 0 Å². The van der Waals surface area contributed by atoms with Crippen molar-refractivity contribution in [3.63, 3.8) is 0 Å². The largest absolute Gasteiger partial charge is 0.497 e. The molecule has 1 unspecified atom stereocenters. The first-order chi connectivity index (χ1) is 8.57. The van der Waals surface area contributed by atoms with Gasteiger partial charge in [-0.15, -0.1) is 0 Å². The summed E-state index contributed by atoms with van der Waals surface area (Å²) in [6.45, 7) is 1.97. The van der Waals surface area contributed by atoms with Crippen molar-refractivity contribution in [3.8, 4) is 17.6 Å². The summed E-state index contributed by atoms with van der Waals surface area (Å²) in [6, 6.07) is 5.78. The van der Waals surface area contributed by atoms with Crippen LogP contribution in [0.15, 0.2) is 12.1 Å². The van der Waals surface area contributed by atoms with Crippen LogP contribution in [-0.4, -0.2) is 14.2 Å². The van der Waals surface area contributed by atoms with Gasteiger partial charge in [0.15, 0.2) is 0 Å². The average molecular weight is 246 g/mol. The van der Waals surface area contributed by atoms with Gasteiger partial charge in [-0.25, -0.2) is 0 Å². The van der Waals surface area contributed by atoms with E-state index in [2.05, 4.69) is 6.07 Å². The van der Waals surface area contributed by atoms with Crippen molar-refractivity contribution >= 4 is 0 Å². The lowest BCUT2D eigenvalue weighted by atomic mass is 9.88. The van der Waals surface area contributed by atoms with E-state index in [1.54, 1.807) is 14.2 Å². The Morgan fingerprint density at radius 2 is 2.00 bits per heavy atom. The molecule has 1 fully saturated rings. The summed E-state index contributed by atoms with van der Waals surface area (Å²) in [6.07, 6.45) is 1.72. The molecule has 0 saturated heterocycles. The first kappa shape index (κ1) is 12.7. The lowest BCUT2D eigenvalue weighted by molar-refractivity contribution is 0.381. The molecule has 0 bridgehead atoms. The molecule has 0 aromatic heterocycles. The minimum atomic E-state index is -0.410. The third kappa shape index (κ3) is 1.91. The van der Waals surface area contributed by atoms with E-state index in [0.29, 0.717) is 5.75 Å². The van der Waals surface area contributed by atoms with Crippen LogP contribution in [0.2, 0.25) is 0 Å². The van der Waals surface area contributed by atoms with E-state index in [4.69, 9.17) is 15.2 Å². The molecule has 0 amide bonds. The van der Waals surface area contributed by atoms with Gasteiger partial charge in [-0.3, -0.25) is 0 Å². The number of aryl methyl sites for hydroxylation is 1. The highest BCUT2D eigenvalue weighted by Crippen LogP contribution is 2.55. The second-order valence-corrected chi connectivity index (χ2v) is 4.81. The fourth-order valence-electron chi connectivity index (χ4n) is 2.32. The van der Waals surface area contributed by atoms with Gasteiger partial charge in [0.05, 0.1) is 31.7 Å². The monoisotopic (exact) mass is 246 g/mol. The Balaban J connectivity index is 2.47. The summed E-state index contributed by atoms with van der Waals surface area (Å²) in [5.41, 5.74) is 7.78. The molecular weight excluding hydrogens is 228 g/mol. The summed E-state index contributed by atoms with van der Waals surface area (Å²) in [7, 11) is 3.22. The Kier molecular flexibility index (Phi) is 3.18. The molecule has 1 aliphatic rings. The molecule has 0 aliphatic heterocycles. The first-order valence-electron chi connectivity index (χ1n) is 5.97. The van der Waals surface area contributed by atoms with E-state index in [1.165, 1.54) is 0 Å². The van der Waals surface area contributed by atoms with Crippen LogP contribution in [0.1, 0.15) is 30.0 Å². The fraction of sp³-hybridized carbons (Fsp3) is 0.500. The van der Waals surface area contributed by atoms with Crippen molar-refractivity contribution in [1.82, 2.24) is 0 Å². The van der Waals surface area contributed by atoms with Crippen molar-refractivity contribution in [2.45, 2.75) is 25.8 Å². The summed E-state index contributed by atoms with van der Waals surface area (Å²) in [4.78, 5) is 0. The normalized spacial score (nSPS) is 17.7. The van der Waals surface area contributed by atoms with Gasteiger partial charge in [0.2, 0.25) is 0 Å². The minimum Gasteiger partial charge on any atom is -0.497 e. The fourth-order valence-corrected chi connectivity index (χ4v) is 2.32. The Morgan fingerprint density at radius 1 is 1.33 bits per heavy atom. The Hall–Kier alpha value is -1.73. The maximum Gasteiger partial charge on any atom is 0.127 e. The molecule has 1 aromatic carbocycles. The first-order valence-corrected chi connectivity index (χ1v) is 5.97. The van der Waals surface area contributed by atoms with Crippen molar-refractivity contribution in [3.05, 3.63) is 23.3 Å². The van der Waals surface area contributed by atoms with E-state index in [1.807, 2.05) is 19.1 Å². The zero-order valence-corrected chi connectivity index (χ0v) is 11.0. The van der Waals surface area contributed by atoms with Gasteiger partial charge in [-0.1, -0.05) is 0 Å². The molecular formula is C14H18N2O2. The van der Waals surface area contributed by atoms with Gasteiger partial charge >= 0.3 is 0 Å². The molecule has 2 N–H and O–H groups in total. The second-order valence-electron chi connectivity index (χ2n) is 4.81. The number of ether oxygens (including phenoxy) is 2. The Bertz CT molecular complexity index is 501. The highest BCUT2D eigenvalue weighted by atomic mass is 16.5. The van der Waals surface area contributed by atoms with Crippen molar-refractivity contribution < 1.29 is 9.47 Å². The van der Waals surface area contributed by atoms with Crippen LogP contribution in [0.4, 0.5) is 0 Å². The number of nitrogens with zero attached hydrogens (tertiary/aromatic N) is 1. The minimum absolute atomic E-state index is 0.302. The molecule has 1 saturated carbocycles. The number of hydrogen-bond acceptors (Lipinski definition) is 4. The molecule has 1 aromatic rings. The number of hydrogen-bond donors (Lipinski definition) is 1. The van der Waals surface area contributed by atoms with Crippen LogP contribution in [0, 0.1) is 23.7 Å². The highest BCUT2D eigenvalue weighted by molar-refractivity contribution is 5.49. The topological polar surface area (TPSA) is 68.3 Å². The molecule has 0 heterocycles. The van der Waals surface area contributed by atoms with Gasteiger partial charge in [-0.05, 0) is 31.4 Å². The van der Waals surface area contributed by atoms with Crippen LogP contribution in [-0.2, 0) is 0 Å². The maximum atomic E-state index is 9.25. The van der Waals surface area contributed by atoms with E-state index in [0.717, 1.165) is 29.7 Å². The van der Waals surface area contributed by atoms with Crippen LogP contribution in [0.25, 0.3) is 0 Å². The third-order valence-electron chi connectivity index (χ3n) is 3.70. The quantitative estimate of drug-likeness (QED) is 0.885. The van der Waals surface area contributed by atoms with E-state index < -0.39 is 5.41 Å². The molecule has 2 rings (SSSR count). The van der Waals surface area contributed by atoms with Gasteiger partial charge < -0.3 is 15.2 Å². The lowest BCUT2D eigenvalue weighted by Gasteiger charge is -2.22. The van der Waals surface area contributed by atoms with Crippen LogP contribution < -0.4 is 15.2 Å². The number of benzene rings is 1. The number of nitriles is 1. The average Bonchev–Trinajstić information content (AvgIpc) is 3.17. The molecule has 0 radical (unpaired) electrons. The van der Waals surface area contributed by atoms with Gasteiger partial charge in [0, 0.05) is 11.6 Å². The second kappa shape index (κ2) is 4.51. The van der Waals surface area contributed by atoms with Gasteiger partial charge in [0.25, 0.3) is 0 Å². The highest BCUT2D eigenvalue weighted by Gasteiger charge is 2.50. The predicted octanol–water partition coefficient (Wildman–Crippen LogP) is 2.32. The van der Waals surface area contributed by atoms with E-state index in [-0.39, 0.29) is 6.04 Å². The third-order valence-corrected chi connectivity index (χ3v) is 3.70. The summed E-state index contributed by atoms with van der Waals surface area (Å²) in [5, 5.41) is 9.25. The zero-order valence-electron chi connectivity index (χ0n) is 11.0. The summed E-state index contributed by atoms with van der Waals surface area (Å²) in [5.74, 6) is 1.43. The molecule has 96 valence electrons. The zero-order chi connectivity index (χ0) is 13.3. The molecule has 1 aliphatic carbocycles. The summed E-state index contributed by atoms with van der Waals surface area (Å²) < 4.78 is 10.6. The predicted molar refractivity (Wildman–Crippen MR) is 68.5 cm³/mol. The Labute approximate surface area is 107 Å². The van der Waals surface area contributed by atoms with E-state index in [9.17, 15) is 5.26 Å². The van der Waals surface area contributed by atoms with Gasteiger partial charge in [0.1, 0.15) is 11.5 Å². The maximum absolute atomic E-state index is 9.25. The van der Waals surface area contributed by atoms with E-state index >= 15 is 0 Å². The van der Waals surface area contributed by atoms with Crippen molar-refractivity contribution in [2.24, 2.45) is 11.1 Å². The Morgan fingerprint density at radius 3 is 2.44 bits per heavy atom. The molecule has 4 nitrogen and oxygen atoms in total. The van der Waals surface area contributed by atoms with Crippen LogP contribution in [0.3, 0.4) is 0 Å². The molecule has 4 heteroatoms. The SMILES string of the molecule is COc1cc(C)c(C(N)C2(C#N)CC2)c(OC)c1. The molecule has 0 spiro atoms. The van der Waals surface area contributed by atoms with Crippen molar-refractivity contribution in [2.75, 3.05) is 14.2 Å². The standard InChI is InChI=1S/C14H18N2O2/c1-9-6-10(17-2)7-11(18-3)12(9)13(16)14(8-15)4-5-14/h6-7,13H,4-5,16H2,1-3H3. The number of nitrogens with two attached hydrogens (primary N) is 1. The molecule has 1 atom stereocenters. The number of methoxy groups -OCH3 is 2. The molecule has 18 heavy (non-hydrogen) atoms.